The number of ether oxygens (including phenoxy) is 4. The van der Waals surface area contributed by atoms with E-state index >= 15 is 0 Å². The Labute approximate surface area is 147 Å². The molecule has 2 aliphatic rings. The normalized spacial score (nSPS) is 22.4. The lowest BCUT2D eigenvalue weighted by Crippen LogP contribution is -2.03. The molecule has 0 spiro atoms. The second kappa shape index (κ2) is 6.21. The van der Waals surface area contributed by atoms with Gasteiger partial charge in [-0.05, 0) is 53.3 Å². The van der Waals surface area contributed by atoms with Gasteiger partial charge >= 0.3 is 0 Å². The molecule has 2 fully saturated rings. The number of hydrogen-bond acceptors (Lipinski definition) is 4. The van der Waals surface area contributed by atoms with Gasteiger partial charge in [0.05, 0.1) is 13.2 Å². The topological polar surface area (TPSA) is 43.5 Å². The Morgan fingerprint density at radius 3 is 1.76 bits per heavy atom. The molecule has 130 valence electrons. The fourth-order valence-corrected chi connectivity index (χ4v) is 5.69. The summed E-state index contributed by atoms with van der Waals surface area (Å²) >= 11 is 0. The van der Waals surface area contributed by atoms with E-state index in [2.05, 4.69) is 43.3 Å². The molecule has 2 aliphatic heterocycles. The summed E-state index contributed by atoms with van der Waals surface area (Å²) in [6.45, 7) is 5.19. The predicted octanol–water partition coefficient (Wildman–Crippen LogP) is 4.55. The van der Waals surface area contributed by atoms with Gasteiger partial charge < -0.3 is 18.9 Å². The highest BCUT2D eigenvalue weighted by molar-refractivity contribution is 7.60. The van der Waals surface area contributed by atoms with E-state index in [1.54, 1.807) is 0 Å². The van der Waals surface area contributed by atoms with Crippen LogP contribution in [-0.2, 0) is 15.6 Å². The van der Waals surface area contributed by atoms with Crippen LogP contribution in [0.25, 0.3) is 21.0 Å². The van der Waals surface area contributed by atoms with Crippen LogP contribution in [0.5, 0.6) is 11.5 Å². The Bertz CT molecular complexity index is 851. The third-order valence-corrected chi connectivity index (χ3v) is 7.38. The second-order valence-corrected chi connectivity index (χ2v) is 9.09. The lowest BCUT2D eigenvalue weighted by molar-refractivity contribution is 0.263. The molecule has 2 unspecified atom stereocenters. The number of hydrogen-bond donors (Lipinski definition) is 0. The Kier molecular flexibility index (Phi) is 3.85. The van der Waals surface area contributed by atoms with Gasteiger partial charge in [0.15, 0.2) is 0 Å². The zero-order chi connectivity index (χ0) is 16.8. The quantitative estimate of drug-likeness (QED) is 0.582. The molecule has 0 radical (unpaired) electrons. The van der Waals surface area contributed by atoms with Crippen molar-refractivity contribution in [3.8, 4) is 11.5 Å². The zero-order valence-corrected chi connectivity index (χ0v) is 15.1. The van der Waals surface area contributed by atoms with Crippen LogP contribution < -0.4 is 9.47 Å². The molecule has 2 saturated heterocycles. The zero-order valence-electron chi connectivity index (χ0n) is 14.2. The van der Waals surface area contributed by atoms with Crippen LogP contribution in [0, 0.1) is 0 Å². The number of benzene rings is 2. The molecule has 1 aromatic heterocycles. The first-order chi connectivity index (χ1) is 12.3. The van der Waals surface area contributed by atoms with E-state index in [1.165, 1.54) is 21.0 Å². The monoisotopic (exact) mass is 356 g/mol. The summed E-state index contributed by atoms with van der Waals surface area (Å²) < 4.78 is 22.2. The van der Waals surface area contributed by atoms with Crippen molar-refractivity contribution in [2.75, 3.05) is 26.4 Å². The molecule has 0 aliphatic carbocycles. The number of epoxide rings is 2. The minimum Gasteiger partial charge on any atom is -0.491 e. The standard InChI is InChI=1S/C20H21O4P/c1-2-25-19-5-3-13(21-9-15-11-23-15)7-17(19)18-8-14(4-6-20(18)25)22-10-16-12-24-16/h3-8,15-16H,2,9-12H2,1H3. The van der Waals surface area contributed by atoms with Gasteiger partial charge in [0.25, 0.3) is 0 Å². The predicted molar refractivity (Wildman–Crippen MR) is 100 cm³/mol. The highest BCUT2D eigenvalue weighted by atomic mass is 31.1. The maximum absolute atomic E-state index is 5.89. The highest BCUT2D eigenvalue weighted by Gasteiger charge is 2.24. The van der Waals surface area contributed by atoms with Crippen LogP contribution >= 0.6 is 7.53 Å². The number of fused-ring (bicyclic) bond motifs is 3. The summed E-state index contributed by atoms with van der Waals surface area (Å²) in [6, 6.07) is 13.0. The van der Waals surface area contributed by atoms with Gasteiger partial charge in [-0.2, -0.15) is 0 Å². The van der Waals surface area contributed by atoms with Crippen LogP contribution in [0.3, 0.4) is 0 Å². The molecule has 5 rings (SSSR count). The maximum atomic E-state index is 5.89. The van der Waals surface area contributed by atoms with Gasteiger partial charge in [-0.1, -0.05) is 6.92 Å². The van der Waals surface area contributed by atoms with Crippen LogP contribution in [0.15, 0.2) is 36.4 Å². The SMILES string of the molecule is CCp1c2ccc(OCC3CO3)cc2c2cc(OCC3CO3)ccc21. The van der Waals surface area contributed by atoms with Gasteiger partial charge in [0.1, 0.15) is 36.9 Å². The summed E-state index contributed by atoms with van der Waals surface area (Å²) in [5.74, 6) is 1.84. The van der Waals surface area contributed by atoms with Crippen molar-refractivity contribution in [1.82, 2.24) is 0 Å². The lowest BCUT2D eigenvalue weighted by Gasteiger charge is -2.05. The highest BCUT2D eigenvalue weighted by Crippen LogP contribution is 2.51. The molecular formula is C20H21O4P. The van der Waals surface area contributed by atoms with Crippen molar-refractivity contribution in [3.05, 3.63) is 36.4 Å². The van der Waals surface area contributed by atoms with Gasteiger partial charge in [-0.25, -0.2) is 0 Å². The Morgan fingerprint density at radius 1 is 0.880 bits per heavy atom. The number of aryl methyl sites for hydroxylation is 1. The maximum Gasteiger partial charge on any atom is 0.120 e. The van der Waals surface area contributed by atoms with Crippen LogP contribution in [-0.4, -0.2) is 38.6 Å². The van der Waals surface area contributed by atoms with Gasteiger partial charge in [-0.15, -0.1) is 7.53 Å². The molecule has 2 aromatic carbocycles. The van der Waals surface area contributed by atoms with Crippen molar-refractivity contribution in [3.63, 3.8) is 0 Å². The third-order valence-electron chi connectivity index (χ3n) is 4.80. The summed E-state index contributed by atoms with van der Waals surface area (Å²) in [7, 11) is -0.279. The van der Waals surface area contributed by atoms with Crippen LogP contribution in [0.4, 0.5) is 0 Å². The van der Waals surface area contributed by atoms with E-state index in [1.807, 2.05) is 0 Å². The molecule has 0 N–H and O–H groups in total. The van der Waals surface area contributed by atoms with Crippen LogP contribution in [0.2, 0.25) is 0 Å². The summed E-state index contributed by atoms with van der Waals surface area (Å²) in [6.07, 6.45) is 1.71. The fourth-order valence-electron chi connectivity index (χ4n) is 3.29. The average Bonchev–Trinajstić information content (AvgIpc) is 3.55. The molecule has 4 nitrogen and oxygen atoms in total. The van der Waals surface area contributed by atoms with Crippen molar-refractivity contribution < 1.29 is 18.9 Å². The van der Waals surface area contributed by atoms with Crippen molar-refractivity contribution >= 4 is 28.5 Å². The smallest absolute Gasteiger partial charge is 0.120 e. The molecule has 0 saturated carbocycles. The lowest BCUT2D eigenvalue weighted by atomic mass is 10.1. The van der Waals surface area contributed by atoms with Crippen molar-refractivity contribution in [1.29, 1.82) is 0 Å². The molecule has 5 heteroatoms. The number of rotatable bonds is 7. The largest absolute Gasteiger partial charge is 0.491 e. The fraction of sp³-hybridized carbons (Fsp3) is 0.400. The second-order valence-electron chi connectivity index (χ2n) is 6.63. The van der Waals surface area contributed by atoms with Gasteiger partial charge in [-0.3, -0.25) is 0 Å². The van der Waals surface area contributed by atoms with Crippen molar-refractivity contribution in [2.24, 2.45) is 0 Å². The van der Waals surface area contributed by atoms with E-state index in [0.717, 1.165) is 30.9 Å². The molecule has 0 bridgehead atoms. The first kappa shape index (κ1) is 15.5. The third kappa shape index (κ3) is 3.10. The molecule has 2 atom stereocenters. The molecule has 25 heavy (non-hydrogen) atoms. The Morgan fingerprint density at radius 2 is 1.36 bits per heavy atom. The van der Waals surface area contributed by atoms with Gasteiger partial charge in [0.2, 0.25) is 0 Å². The average molecular weight is 356 g/mol. The summed E-state index contributed by atoms with van der Waals surface area (Å²) in [4.78, 5) is 0. The van der Waals surface area contributed by atoms with E-state index in [4.69, 9.17) is 18.9 Å². The minimum atomic E-state index is -0.279. The summed E-state index contributed by atoms with van der Waals surface area (Å²) in [5, 5.41) is 5.49. The van der Waals surface area contributed by atoms with E-state index in [0.29, 0.717) is 13.2 Å². The van der Waals surface area contributed by atoms with E-state index in [9.17, 15) is 0 Å². The summed E-state index contributed by atoms with van der Waals surface area (Å²) in [5.41, 5.74) is 0. The van der Waals surface area contributed by atoms with E-state index in [-0.39, 0.29) is 19.7 Å². The first-order valence-electron chi connectivity index (χ1n) is 8.86. The van der Waals surface area contributed by atoms with Crippen molar-refractivity contribution in [2.45, 2.75) is 25.3 Å². The van der Waals surface area contributed by atoms with Gasteiger partial charge in [0, 0.05) is 10.2 Å². The molecule has 3 heterocycles. The Balaban J connectivity index is 1.54. The molecule has 0 amide bonds. The molecule has 3 aromatic rings. The minimum absolute atomic E-state index is 0.276. The van der Waals surface area contributed by atoms with E-state index < -0.39 is 0 Å². The first-order valence-corrected chi connectivity index (χ1v) is 10.4. The molecular weight excluding hydrogens is 335 g/mol. The Hall–Kier alpha value is -1.74. The van der Waals surface area contributed by atoms with Crippen LogP contribution in [0.1, 0.15) is 6.92 Å².